The molecule has 1 aliphatic rings. The second kappa shape index (κ2) is 5.50. The molecule has 0 spiro atoms. The Hall–Kier alpha value is -1.69. The molecule has 0 radical (unpaired) electrons. The zero-order valence-electron chi connectivity index (χ0n) is 11.6. The number of nitrogens with zero attached hydrogens (tertiary/aromatic N) is 1. The zero-order valence-corrected chi connectivity index (χ0v) is 13.9. The Morgan fingerprint density at radius 3 is 2.77 bits per heavy atom. The number of benzodiazepines with no additional fused rings is 1. The molecule has 0 saturated carbocycles. The van der Waals surface area contributed by atoms with E-state index >= 15 is 0 Å². The van der Waals surface area contributed by atoms with Crippen molar-refractivity contribution in [1.82, 2.24) is 0 Å². The number of nitrogens with one attached hydrogen (secondary N) is 1. The maximum atomic E-state index is 12.1. The van der Waals surface area contributed by atoms with Crippen LogP contribution >= 0.6 is 27.5 Å². The van der Waals surface area contributed by atoms with Gasteiger partial charge in [-0.1, -0.05) is 39.7 Å². The van der Waals surface area contributed by atoms with Crippen LogP contribution in [0, 0.1) is 0 Å². The lowest BCUT2D eigenvalue weighted by atomic mass is 10.0. The van der Waals surface area contributed by atoms with Crippen molar-refractivity contribution in [1.29, 1.82) is 0 Å². The fourth-order valence-corrected chi connectivity index (χ4v) is 2.80. The van der Waals surface area contributed by atoms with Gasteiger partial charge in [-0.05, 0) is 37.3 Å². The number of carbonyl (C=O) groups excluding carboxylic acids is 1. The standard InChI is InChI=1S/C16H12BrClN2O2/c1-16(22)15(21)19-13-6-5-10(17)8-12(13)14(20-16)9-3-2-4-11(18)7-9/h2-8,22H,1H3,(H,19,21). The highest BCUT2D eigenvalue weighted by Gasteiger charge is 2.34. The Morgan fingerprint density at radius 2 is 2.05 bits per heavy atom. The summed E-state index contributed by atoms with van der Waals surface area (Å²) >= 11 is 9.47. The van der Waals surface area contributed by atoms with Gasteiger partial charge in [0.05, 0.1) is 11.4 Å². The summed E-state index contributed by atoms with van der Waals surface area (Å²) in [6, 6.07) is 12.6. The van der Waals surface area contributed by atoms with Gasteiger partial charge in [0.2, 0.25) is 5.72 Å². The van der Waals surface area contributed by atoms with E-state index in [1.165, 1.54) is 6.92 Å². The number of benzene rings is 2. The third-order valence-electron chi connectivity index (χ3n) is 3.34. The number of amides is 1. The van der Waals surface area contributed by atoms with Gasteiger partial charge in [0.1, 0.15) is 0 Å². The molecule has 1 unspecified atom stereocenters. The molecule has 1 atom stereocenters. The molecular weight excluding hydrogens is 368 g/mol. The van der Waals surface area contributed by atoms with Crippen molar-refractivity contribution in [2.45, 2.75) is 12.6 Å². The Balaban J connectivity index is 2.29. The van der Waals surface area contributed by atoms with E-state index < -0.39 is 11.6 Å². The molecule has 1 aliphatic heterocycles. The van der Waals surface area contributed by atoms with Gasteiger partial charge in [-0.3, -0.25) is 4.79 Å². The Kier molecular flexibility index (Phi) is 3.80. The number of aliphatic imine (C=N–C) groups is 1. The van der Waals surface area contributed by atoms with Crippen LogP contribution in [0.4, 0.5) is 5.69 Å². The number of fused-ring (bicyclic) bond motifs is 1. The van der Waals surface area contributed by atoms with Gasteiger partial charge in [0, 0.05) is 20.6 Å². The first kappa shape index (κ1) is 15.2. The molecule has 3 rings (SSSR count). The first-order valence-corrected chi connectivity index (χ1v) is 7.73. The maximum absolute atomic E-state index is 12.1. The van der Waals surface area contributed by atoms with E-state index in [0.29, 0.717) is 22.0 Å². The molecule has 6 heteroatoms. The minimum atomic E-state index is -1.86. The average molecular weight is 380 g/mol. The number of aliphatic hydroxyl groups is 1. The first-order valence-electron chi connectivity index (χ1n) is 6.56. The summed E-state index contributed by atoms with van der Waals surface area (Å²) in [6.07, 6.45) is 0. The van der Waals surface area contributed by atoms with Crippen molar-refractivity contribution >= 4 is 44.8 Å². The van der Waals surface area contributed by atoms with Gasteiger partial charge < -0.3 is 10.4 Å². The molecule has 22 heavy (non-hydrogen) atoms. The molecular formula is C16H12BrClN2O2. The zero-order chi connectivity index (χ0) is 15.9. The summed E-state index contributed by atoms with van der Waals surface area (Å²) < 4.78 is 0.844. The minimum Gasteiger partial charge on any atom is -0.362 e. The molecule has 0 aliphatic carbocycles. The highest BCUT2D eigenvalue weighted by atomic mass is 79.9. The van der Waals surface area contributed by atoms with Crippen LogP contribution in [0.3, 0.4) is 0 Å². The monoisotopic (exact) mass is 378 g/mol. The molecule has 4 nitrogen and oxygen atoms in total. The Labute approximate surface area is 141 Å². The number of hydrogen-bond acceptors (Lipinski definition) is 3. The minimum absolute atomic E-state index is 0.502. The maximum Gasteiger partial charge on any atom is 0.279 e. The van der Waals surface area contributed by atoms with Gasteiger partial charge in [-0.2, -0.15) is 0 Å². The molecule has 0 fully saturated rings. The van der Waals surface area contributed by atoms with Crippen LogP contribution < -0.4 is 5.32 Å². The molecule has 112 valence electrons. The molecule has 2 aromatic carbocycles. The predicted molar refractivity (Wildman–Crippen MR) is 90.5 cm³/mol. The van der Waals surface area contributed by atoms with E-state index in [1.54, 1.807) is 24.3 Å². The number of hydrogen-bond donors (Lipinski definition) is 2. The van der Waals surface area contributed by atoms with Crippen LogP contribution in [-0.4, -0.2) is 22.5 Å². The summed E-state index contributed by atoms with van der Waals surface area (Å²) in [5, 5.41) is 13.6. The molecule has 1 heterocycles. The SMILES string of the molecule is CC1(O)N=C(c2cccc(Cl)c2)c2cc(Br)ccc2NC1=O. The van der Waals surface area contributed by atoms with E-state index in [1.807, 2.05) is 18.2 Å². The second-order valence-electron chi connectivity index (χ2n) is 5.14. The van der Waals surface area contributed by atoms with Gasteiger partial charge >= 0.3 is 0 Å². The molecule has 0 saturated heterocycles. The number of anilines is 1. The van der Waals surface area contributed by atoms with Crippen molar-refractivity contribution in [3.63, 3.8) is 0 Å². The summed E-state index contributed by atoms with van der Waals surface area (Å²) in [5.74, 6) is -0.576. The normalized spacial score (nSPS) is 20.7. The van der Waals surface area contributed by atoms with Crippen LogP contribution in [0.15, 0.2) is 51.9 Å². The molecule has 2 N–H and O–H groups in total. The quantitative estimate of drug-likeness (QED) is 0.795. The van der Waals surface area contributed by atoms with Crippen molar-refractivity contribution in [3.05, 3.63) is 63.1 Å². The molecule has 2 aromatic rings. The number of carbonyl (C=O) groups is 1. The van der Waals surface area contributed by atoms with E-state index in [0.717, 1.165) is 10.0 Å². The van der Waals surface area contributed by atoms with Crippen LogP contribution in [0.2, 0.25) is 5.02 Å². The van der Waals surface area contributed by atoms with Gasteiger partial charge in [0.15, 0.2) is 0 Å². The third kappa shape index (κ3) is 2.79. The fourth-order valence-electron chi connectivity index (χ4n) is 2.25. The highest BCUT2D eigenvalue weighted by molar-refractivity contribution is 9.10. The highest BCUT2D eigenvalue weighted by Crippen LogP contribution is 2.30. The van der Waals surface area contributed by atoms with Crippen molar-refractivity contribution in [2.75, 3.05) is 5.32 Å². The number of rotatable bonds is 1. The Morgan fingerprint density at radius 1 is 1.27 bits per heavy atom. The summed E-state index contributed by atoms with van der Waals surface area (Å²) in [6.45, 7) is 1.35. The summed E-state index contributed by atoms with van der Waals surface area (Å²) in [4.78, 5) is 16.4. The largest absolute Gasteiger partial charge is 0.362 e. The van der Waals surface area contributed by atoms with E-state index in [-0.39, 0.29) is 0 Å². The fraction of sp³-hybridized carbons (Fsp3) is 0.125. The number of halogens is 2. The van der Waals surface area contributed by atoms with E-state index in [4.69, 9.17) is 11.6 Å². The van der Waals surface area contributed by atoms with Crippen LogP contribution in [-0.2, 0) is 4.79 Å². The lowest BCUT2D eigenvalue weighted by Crippen LogP contribution is -2.37. The molecule has 1 amide bonds. The second-order valence-corrected chi connectivity index (χ2v) is 6.49. The average Bonchev–Trinajstić information content (AvgIpc) is 2.55. The van der Waals surface area contributed by atoms with Gasteiger partial charge in [0.25, 0.3) is 5.91 Å². The first-order chi connectivity index (χ1) is 10.4. The summed E-state index contributed by atoms with van der Waals surface area (Å²) in [7, 11) is 0. The van der Waals surface area contributed by atoms with Crippen LogP contribution in [0.25, 0.3) is 0 Å². The lowest BCUT2D eigenvalue weighted by Gasteiger charge is -2.15. The molecule has 0 aromatic heterocycles. The molecule has 0 bridgehead atoms. The van der Waals surface area contributed by atoms with Gasteiger partial charge in [-0.25, -0.2) is 4.99 Å². The Bertz CT molecular complexity index is 802. The predicted octanol–water partition coefficient (Wildman–Crippen LogP) is 3.60. The van der Waals surface area contributed by atoms with E-state index in [2.05, 4.69) is 26.2 Å². The lowest BCUT2D eigenvalue weighted by molar-refractivity contribution is -0.131. The van der Waals surface area contributed by atoms with Crippen molar-refractivity contribution in [3.8, 4) is 0 Å². The smallest absolute Gasteiger partial charge is 0.279 e. The topological polar surface area (TPSA) is 61.7 Å². The van der Waals surface area contributed by atoms with Crippen molar-refractivity contribution < 1.29 is 9.90 Å². The van der Waals surface area contributed by atoms with Gasteiger partial charge in [-0.15, -0.1) is 0 Å². The van der Waals surface area contributed by atoms with Crippen LogP contribution in [0.1, 0.15) is 18.1 Å². The summed E-state index contributed by atoms with van der Waals surface area (Å²) in [5.41, 5.74) is 0.668. The van der Waals surface area contributed by atoms with Crippen LogP contribution in [0.5, 0.6) is 0 Å². The van der Waals surface area contributed by atoms with Crippen molar-refractivity contribution in [2.24, 2.45) is 4.99 Å². The third-order valence-corrected chi connectivity index (χ3v) is 4.07. The van der Waals surface area contributed by atoms with E-state index in [9.17, 15) is 9.90 Å².